The normalized spacial score (nSPS) is 20.3. The molecule has 3 aromatic rings. The number of piperazine rings is 1. The molecule has 1 saturated carbocycles. The zero-order chi connectivity index (χ0) is 27.6. The van der Waals surface area contributed by atoms with Gasteiger partial charge in [-0.25, -0.2) is 4.98 Å². The molecule has 1 aromatic carbocycles. The number of rotatable bonds is 11. The fraction of sp³-hybridized carbons (Fsp3) is 0.533. The third-order valence-corrected chi connectivity index (χ3v) is 9.65. The van der Waals surface area contributed by atoms with Crippen molar-refractivity contribution in [3.63, 3.8) is 0 Å². The quantitative estimate of drug-likeness (QED) is 0.272. The topological polar surface area (TPSA) is 71.9 Å². The molecule has 2 aliphatic rings. The van der Waals surface area contributed by atoms with Crippen LogP contribution in [0.5, 0.6) is 5.75 Å². The minimum absolute atomic E-state index is 0.0722. The number of pyridine rings is 1. The van der Waals surface area contributed by atoms with Gasteiger partial charge in [0.25, 0.3) is 0 Å². The highest BCUT2D eigenvalue weighted by molar-refractivity contribution is 6.76. The molecule has 8 nitrogen and oxygen atoms in total. The Morgan fingerprint density at radius 2 is 1.85 bits per heavy atom. The molecule has 2 aromatic heterocycles. The van der Waals surface area contributed by atoms with Gasteiger partial charge in [0, 0.05) is 76.0 Å². The molecule has 2 fully saturated rings. The molecule has 5 rings (SSSR count). The maximum absolute atomic E-state index is 13.1. The second-order valence-electron chi connectivity index (χ2n) is 12.3. The Morgan fingerprint density at radius 3 is 2.59 bits per heavy atom. The van der Waals surface area contributed by atoms with Gasteiger partial charge < -0.3 is 29.2 Å². The first-order valence-corrected chi connectivity index (χ1v) is 17.9. The van der Waals surface area contributed by atoms with Crippen molar-refractivity contribution in [1.29, 1.82) is 0 Å². The third-order valence-electron chi connectivity index (χ3n) is 7.95. The van der Waals surface area contributed by atoms with Crippen LogP contribution in [0.1, 0.15) is 6.42 Å². The molecule has 2 unspecified atom stereocenters. The molecular formula is C30H43N5O3Si. The van der Waals surface area contributed by atoms with Crippen molar-refractivity contribution in [1.82, 2.24) is 19.4 Å². The molecule has 1 saturated heterocycles. The van der Waals surface area contributed by atoms with Gasteiger partial charge >= 0.3 is 0 Å². The molecule has 1 aliphatic carbocycles. The van der Waals surface area contributed by atoms with Gasteiger partial charge in [0.2, 0.25) is 5.91 Å². The van der Waals surface area contributed by atoms with E-state index >= 15 is 0 Å². The summed E-state index contributed by atoms with van der Waals surface area (Å²) < 4.78 is 13.8. The molecule has 0 bridgehead atoms. The van der Waals surface area contributed by atoms with Crippen LogP contribution in [0.2, 0.25) is 25.7 Å². The predicted molar refractivity (Wildman–Crippen MR) is 160 cm³/mol. The van der Waals surface area contributed by atoms with Gasteiger partial charge in [0.15, 0.2) is 0 Å². The van der Waals surface area contributed by atoms with Crippen LogP contribution in [0.3, 0.4) is 0 Å². The van der Waals surface area contributed by atoms with Crippen molar-refractivity contribution in [3.8, 4) is 16.9 Å². The number of hydrogen-bond donors (Lipinski definition) is 1. The van der Waals surface area contributed by atoms with Crippen molar-refractivity contribution < 1.29 is 14.3 Å². The maximum atomic E-state index is 13.1. The van der Waals surface area contributed by atoms with Gasteiger partial charge in [-0.1, -0.05) is 37.8 Å². The number of fused-ring (bicyclic) bond motifs is 1. The van der Waals surface area contributed by atoms with Crippen molar-refractivity contribution in [2.75, 3.05) is 58.8 Å². The number of likely N-dealkylation sites (N-methyl/N-ethyl adjacent to an activating group) is 1. The summed E-state index contributed by atoms with van der Waals surface area (Å²) in [7, 11) is 2.68. The van der Waals surface area contributed by atoms with E-state index in [0.29, 0.717) is 18.5 Å². The Balaban J connectivity index is 1.32. The van der Waals surface area contributed by atoms with Crippen LogP contribution in [0.15, 0.2) is 42.6 Å². The number of nitrogens with one attached hydrogen (secondary N) is 1. The van der Waals surface area contributed by atoms with Crippen LogP contribution >= 0.6 is 0 Å². The summed E-state index contributed by atoms with van der Waals surface area (Å²) in [6, 6.07) is 13.1. The van der Waals surface area contributed by atoms with E-state index in [4.69, 9.17) is 14.5 Å². The zero-order valence-corrected chi connectivity index (χ0v) is 25.1. The number of para-hydroxylation sites is 1. The summed E-state index contributed by atoms with van der Waals surface area (Å²) in [6.07, 6.45) is 3.04. The molecule has 3 heterocycles. The van der Waals surface area contributed by atoms with Crippen LogP contribution in [0.4, 0.5) is 5.82 Å². The summed E-state index contributed by atoms with van der Waals surface area (Å²) in [5, 5.41) is 4.11. The van der Waals surface area contributed by atoms with Gasteiger partial charge in [-0.3, -0.25) is 4.79 Å². The fourth-order valence-corrected chi connectivity index (χ4v) is 6.06. The summed E-state index contributed by atoms with van der Waals surface area (Å²) in [4.78, 5) is 22.9. The van der Waals surface area contributed by atoms with Crippen LogP contribution in [0, 0.1) is 11.8 Å². The summed E-state index contributed by atoms with van der Waals surface area (Å²) >= 11 is 0. The molecule has 210 valence electrons. The number of ether oxygens (including phenoxy) is 2. The first-order valence-electron chi connectivity index (χ1n) is 14.1. The predicted octanol–water partition coefficient (Wildman–Crippen LogP) is 4.85. The van der Waals surface area contributed by atoms with E-state index in [1.165, 1.54) is 0 Å². The first kappa shape index (κ1) is 27.8. The molecule has 0 radical (unpaired) electrons. The zero-order valence-electron chi connectivity index (χ0n) is 24.1. The third kappa shape index (κ3) is 6.89. The van der Waals surface area contributed by atoms with Gasteiger partial charge in [-0.05, 0) is 43.6 Å². The Hall–Kier alpha value is -2.72. The lowest BCUT2D eigenvalue weighted by Crippen LogP contribution is -2.45. The van der Waals surface area contributed by atoms with Gasteiger partial charge in [-0.15, -0.1) is 0 Å². The number of benzene rings is 1. The van der Waals surface area contributed by atoms with E-state index in [2.05, 4.69) is 54.1 Å². The average molecular weight is 550 g/mol. The highest BCUT2D eigenvalue weighted by Gasteiger charge is 2.44. The Morgan fingerprint density at radius 1 is 1.08 bits per heavy atom. The van der Waals surface area contributed by atoms with Crippen LogP contribution < -0.4 is 10.1 Å². The molecule has 39 heavy (non-hydrogen) atoms. The number of methoxy groups -OCH3 is 1. The molecular weight excluding hydrogens is 506 g/mol. The first-order chi connectivity index (χ1) is 18.7. The average Bonchev–Trinajstić information content (AvgIpc) is 3.59. The maximum Gasteiger partial charge on any atom is 0.228 e. The minimum atomic E-state index is -1.18. The number of nitrogens with zero attached hydrogens (tertiary/aromatic N) is 4. The SMILES string of the molecule is COc1ccccc1-c1cn(COCC[Si](C)(C)C)c2nc(NC(=O)C3CC3CN3CCN(C)CC3)ccc12. The highest BCUT2D eigenvalue weighted by Crippen LogP contribution is 2.40. The smallest absolute Gasteiger partial charge is 0.228 e. The van der Waals surface area contributed by atoms with Gasteiger partial charge in [-0.2, -0.15) is 0 Å². The number of hydrogen-bond acceptors (Lipinski definition) is 6. The van der Waals surface area contributed by atoms with E-state index < -0.39 is 8.07 Å². The van der Waals surface area contributed by atoms with Crippen LogP contribution in [0.25, 0.3) is 22.2 Å². The Kier molecular flexibility index (Phi) is 8.42. The molecule has 9 heteroatoms. The number of carbonyl (C=O) groups excluding carboxylic acids is 1. The largest absolute Gasteiger partial charge is 0.496 e. The highest BCUT2D eigenvalue weighted by atomic mass is 28.3. The summed E-state index contributed by atoms with van der Waals surface area (Å²) in [6.45, 7) is 13.6. The summed E-state index contributed by atoms with van der Waals surface area (Å²) in [5.74, 6) is 2.00. The Labute approximate surface area is 233 Å². The molecule has 1 amide bonds. The van der Waals surface area contributed by atoms with E-state index in [1.807, 2.05) is 34.9 Å². The van der Waals surface area contributed by atoms with Crippen molar-refractivity contribution in [2.24, 2.45) is 11.8 Å². The number of carbonyl (C=O) groups is 1. The van der Waals surface area contributed by atoms with E-state index in [1.54, 1.807) is 7.11 Å². The van der Waals surface area contributed by atoms with E-state index in [0.717, 1.165) is 79.7 Å². The number of aromatic nitrogens is 2. The lowest BCUT2D eigenvalue weighted by Gasteiger charge is -2.32. The molecule has 0 spiro atoms. The van der Waals surface area contributed by atoms with Crippen molar-refractivity contribution in [2.45, 2.75) is 38.8 Å². The fourth-order valence-electron chi connectivity index (χ4n) is 5.31. The van der Waals surface area contributed by atoms with E-state index in [9.17, 15) is 4.79 Å². The standard InChI is InChI=1S/C30H43N5O3Si/c1-33-12-14-34(15-13-33)19-22-18-25(22)30(36)32-28-11-10-24-26(23-8-6-7-9-27(23)37-2)20-35(29(24)31-28)21-38-16-17-39(3,4)5/h6-11,20,22,25H,12-19,21H2,1-5H3,(H,31,32,36). The minimum Gasteiger partial charge on any atom is -0.496 e. The van der Waals surface area contributed by atoms with E-state index in [-0.39, 0.29) is 11.8 Å². The molecule has 1 aliphatic heterocycles. The summed E-state index contributed by atoms with van der Waals surface area (Å²) in [5.41, 5.74) is 2.84. The van der Waals surface area contributed by atoms with Gasteiger partial charge in [0.1, 0.15) is 23.9 Å². The second-order valence-corrected chi connectivity index (χ2v) is 17.9. The van der Waals surface area contributed by atoms with Crippen molar-refractivity contribution >= 4 is 30.8 Å². The monoisotopic (exact) mass is 549 g/mol. The van der Waals surface area contributed by atoms with Crippen molar-refractivity contribution in [3.05, 3.63) is 42.6 Å². The lowest BCUT2D eigenvalue weighted by atomic mass is 10.0. The number of amides is 1. The van der Waals surface area contributed by atoms with Crippen LogP contribution in [-0.4, -0.2) is 86.8 Å². The Bertz CT molecular complexity index is 1300. The second kappa shape index (κ2) is 11.8. The lowest BCUT2D eigenvalue weighted by molar-refractivity contribution is -0.117. The van der Waals surface area contributed by atoms with Gasteiger partial charge in [0.05, 0.1) is 7.11 Å². The molecule has 2 atom stereocenters. The molecule has 1 N–H and O–H groups in total. The van der Waals surface area contributed by atoms with Crippen LogP contribution in [-0.2, 0) is 16.3 Å². The number of anilines is 1.